The molecule has 118 valence electrons. The Hall–Kier alpha value is -0.553. The van der Waals surface area contributed by atoms with Crippen molar-refractivity contribution in [2.24, 2.45) is 0 Å². The Labute approximate surface area is 124 Å². The Bertz CT molecular complexity index is 355. The molecule has 0 aromatic carbocycles. The van der Waals surface area contributed by atoms with Gasteiger partial charge in [0.15, 0.2) is 0 Å². The highest BCUT2D eigenvalue weighted by atomic mass is 28.3. The molecular formula is C15H31NO3Si. The maximum absolute atomic E-state index is 12.4. The van der Waals surface area contributed by atoms with Crippen LogP contribution in [-0.4, -0.2) is 43.0 Å². The van der Waals surface area contributed by atoms with E-state index in [2.05, 4.69) is 19.6 Å². The van der Waals surface area contributed by atoms with Crippen molar-refractivity contribution in [3.63, 3.8) is 0 Å². The summed E-state index contributed by atoms with van der Waals surface area (Å²) in [7, 11) is -1.12. The molecule has 5 heteroatoms. The fourth-order valence-corrected chi connectivity index (χ4v) is 3.58. The summed E-state index contributed by atoms with van der Waals surface area (Å²) >= 11 is 0. The van der Waals surface area contributed by atoms with Gasteiger partial charge in [-0.15, -0.1) is 0 Å². The second-order valence-electron chi connectivity index (χ2n) is 8.36. The standard InChI is InChI=1S/C15H31NO3Si/c1-14(2,3)19-13(17)16-12(9-10-20(6,7)8)11-18-15(16,4)5/h12H,9-11H2,1-8H3/t12-/m0/s1. The van der Waals surface area contributed by atoms with Gasteiger partial charge in [-0.3, -0.25) is 4.90 Å². The first-order valence-electron chi connectivity index (χ1n) is 7.48. The summed E-state index contributed by atoms with van der Waals surface area (Å²) in [4.78, 5) is 14.2. The molecule has 0 radical (unpaired) electrons. The van der Waals surface area contributed by atoms with Crippen molar-refractivity contribution in [2.75, 3.05) is 6.61 Å². The third-order valence-electron chi connectivity index (χ3n) is 3.39. The van der Waals surface area contributed by atoms with Gasteiger partial charge in [-0.25, -0.2) is 4.79 Å². The molecule has 4 nitrogen and oxygen atoms in total. The molecule has 0 aliphatic carbocycles. The Morgan fingerprint density at radius 1 is 1.35 bits per heavy atom. The zero-order chi connectivity index (χ0) is 15.8. The van der Waals surface area contributed by atoms with Gasteiger partial charge in [0.1, 0.15) is 11.3 Å². The number of hydrogen-bond donors (Lipinski definition) is 0. The van der Waals surface area contributed by atoms with Crippen LogP contribution in [-0.2, 0) is 9.47 Å². The van der Waals surface area contributed by atoms with Crippen LogP contribution in [0.25, 0.3) is 0 Å². The van der Waals surface area contributed by atoms with Gasteiger partial charge in [-0.05, 0) is 41.0 Å². The lowest BCUT2D eigenvalue weighted by Gasteiger charge is -2.35. The predicted molar refractivity (Wildman–Crippen MR) is 84.7 cm³/mol. The molecule has 1 heterocycles. The molecule has 1 aliphatic heterocycles. The van der Waals surface area contributed by atoms with E-state index in [-0.39, 0.29) is 12.1 Å². The summed E-state index contributed by atoms with van der Waals surface area (Å²) in [5.41, 5.74) is -1.05. The number of ether oxygens (including phenoxy) is 2. The minimum Gasteiger partial charge on any atom is -0.444 e. The number of hydrogen-bond acceptors (Lipinski definition) is 3. The Kier molecular flexibility index (Phi) is 4.97. The van der Waals surface area contributed by atoms with Crippen molar-refractivity contribution >= 4 is 14.2 Å². The zero-order valence-corrected chi connectivity index (χ0v) is 15.4. The van der Waals surface area contributed by atoms with Gasteiger partial charge in [0.2, 0.25) is 0 Å². The van der Waals surface area contributed by atoms with Crippen molar-refractivity contribution in [2.45, 2.75) is 84.1 Å². The third-order valence-corrected chi connectivity index (χ3v) is 5.18. The molecule has 0 saturated carbocycles. The minimum atomic E-state index is -1.12. The van der Waals surface area contributed by atoms with Crippen molar-refractivity contribution in [3.8, 4) is 0 Å². The second kappa shape index (κ2) is 5.68. The van der Waals surface area contributed by atoms with Crippen molar-refractivity contribution < 1.29 is 14.3 Å². The summed E-state index contributed by atoms with van der Waals surface area (Å²) in [5.74, 6) is 0. The monoisotopic (exact) mass is 301 g/mol. The fourth-order valence-electron chi connectivity index (χ4n) is 2.38. The third kappa shape index (κ3) is 5.09. The summed E-state index contributed by atoms with van der Waals surface area (Å²) in [6, 6.07) is 1.32. The SMILES string of the molecule is CC(C)(C)OC(=O)N1[C@@H](CC[Si](C)(C)C)COC1(C)C. The highest BCUT2D eigenvalue weighted by Crippen LogP contribution is 2.32. The topological polar surface area (TPSA) is 38.8 Å². The van der Waals surface area contributed by atoms with Gasteiger partial charge in [0.25, 0.3) is 0 Å². The van der Waals surface area contributed by atoms with Crippen molar-refractivity contribution in [3.05, 3.63) is 0 Å². The summed E-state index contributed by atoms with van der Waals surface area (Å²) in [6.45, 7) is 17.2. The molecule has 0 unspecified atom stereocenters. The minimum absolute atomic E-state index is 0.131. The molecule has 1 saturated heterocycles. The molecule has 20 heavy (non-hydrogen) atoms. The average molecular weight is 302 g/mol. The number of carbonyl (C=O) groups is 1. The van der Waals surface area contributed by atoms with E-state index in [1.165, 1.54) is 6.04 Å². The number of nitrogens with zero attached hydrogens (tertiary/aromatic N) is 1. The first-order valence-corrected chi connectivity index (χ1v) is 11.2. The Morgan fingerprint density at radius 3 is 2.35 bits per heavy atom. The summed E-state index contributed by atoms with van der Waals surface area (Å²) in [5, 5.41) is 0. The van der Waals surface area contributed by atoms with E-state index in [0.29, 0.717) is 6.61 Å². The van der Waals surface area contributed by atoms with Gasteiger partial charge in [0.05, 0.1) is 12.6 Å². The molecule has 0 spiro atoms. The van der Waals surface area contributed by atoms with E-state index in [4.69, 9.17) is 9.47 Å². The number of amides is 1. The predicted octanol–water partition coefficient (Wildman–Crippen LogP) is 4.09. The van der Waals surface area contributed by atoms with Crippen LogP contribution in [0.2, 0.25) is 25.7 Å². The van der Waals surface area contributed by atoms with Crippen LogP contribution in [0, 0.1) is 0 Å². The van der Waals surface area contributed by atoms with E-state index >= 15 is 0 Å². The lowest BCUT2D eigenvalue weighted by molar-refractivity contribution is -0.0625. The van der Waals surface area contributed by atoms with E-state index in [1.54, 1.807) is 4.90 Å². The van der Waals surface area contributed by atoms with E-state index in [1.807, 2.05) is 34.6 Å². The molecule has 1 rings (SSSR count). The normalized spacial score (nSPS) is 23.0. The maximum Gasteiger partial charge on any atom is 0.412 e. The highest BCUT2D eigenvalue weighted by Gasteiger charge is 2.45. The van der Waals surface area contributed by atoms with Crippen LogP contribution in [0.4, 0.5) is 4.79 Å². The van der Waals surface area contributed by atoms with Crippen LogP contribution in [0.1, 0.15) is 41.0 Å². The number of carbonyl (C=O) groups excluding carboxylic acids is 1. The summed E-state index contributed by atoms with van der Waals surface area (Å²) < 4.78 is 11.3. The smallest absolute Gasteiger partial charge is 0.412 e. The summed E-state index contributed by atoms with van der Waals surface area (Å²) in [6.07, 6.45) is 0.735. The molecule has 0 aromatic rings. The lowest BCUT2D eigenvalue weighted by Crippen LogP contribution is -2.50. The Morgan fingerprint density at radius 2 is 1.90 bits per heavy atom. The maximum atomic E-state index is 12.4. The van der Waals surface area contributed by atoms with Crippen LogP contribution in [0.3, 0.4) is 0 Å². The molecule has 1 aliphatic rings. The largest absolute Gasteiger partial charge is 0.444 e. The molecular weight excluding hydrogens is 270 g/mol. The first-order chi connectivity index (χ1) is 8.82. The zero-order valence-electron chi connectivity index (χ0n) is 14.4. The Balaban J connectivity index is 2.78. The molecule has 1 fully saturated rings. The highest BCUT2D eigenvalue weighted by molar-refractivity contribution is 6.76. The van der Waals surface area contributed by atoms with Gasteiger partial charge >= 0.3 is 6.09 Å². The van der Waals surface area contributed by atoms with Gasteiger partial charge in [0, 0.05) is 8.07 Å². The number of rotatable bonds is 3. The first kappa shape index (κ1) is 17.5. The fraction of sp³-hybridized carbons (Fsp3) is 0.933. The lowest BCUT2D eigenvalue weighted by atomic mass is 10.1. The van der Waals surface area contributed by atoms with Crippen LogP contribution in [0.15, 0.2) is 0 Å². The molecule has 1 atom stereocenters. The van der Waals surface area contributed by atoms with Crippen LogP contribution in [0.5, 0.6) is 0 Å². The molecule has 0 aromatic heterocycles. The van der Waals surface area contributed by atoms with E-state index in [9.17, 15) is 4.79 Å². The quantitative estimate of drug-likeness (QED) is 0.737. The van der Waals surface area contributed by atoms with Crippen molar-refractivity contribution in [1.82, 2.24) is 4.90 Å². The molecule has 0 bridgehead atoms. The average Bonchev–Trinajstić information content (AvgIpc) is 2.46. The van der Waals surface area contributed by atoms with Crippen LogP contribution >= 0.6 is 0 Å². The molecule has 0 N–H and O–H groups in total. The van der Waals surface area contributed by atoms with Crippen LogP contribution < -0.4 is 0 Å². The van der Waals surface area contributed by atoms with Crippen molar-refractivity contribution in [1.29, 1.82) is 0 Å². The van der Waals surface area contributed by atoms with E-state index < -0.39 is 19.4 Å². The van der Waals surface area contributed by atoms with Gasteiger partial charge < -0.3 is 9.47 Å². The van der Waals surface area contributed by atoms with Gasteiger partial charge in [-0.1, -0.05) is 25.7 Å². The molecule has 1 amide bonds. The van der Waals surface area contributed by atoms with Gasteiger partial charge in [-0.2, -0.15) is 0 Å². The van der Waals surface area contributed by atoms with E-state index in [0.717, 1.165) is 6.42 Å². The second-order valence-corrected chi connectivity index (χ2v) is 14.0.